The van der Waals surface area contributed by atoms with Crippen molar-refractivity contribution in [3.63, 3.8) is 0 Å². The molecule has 3 atom stereocenters. The van der Waals surface area contributed by atoms with Crippen LogP contribution in [0.25, 0.3) is 0 Å². The third-order valence-corrected chi connectivity index (χ3v) is 7.75. The third kappa shape index (κ3) is 5.70. The Hall–Kier alpha value is -3.40. The van der Waals surface area contributed by atoms with Gasteiger partial charge in [0.25, 0.3) is 0 Å². The van der Waals surface area contributed by atoms with Crippen molar-refractivity contribution in [1.82, 2.24) is 19.9 Å². The lowest BCUT2D eigenvalue weighted by Gasteiger charge is -2.34. The van der Waals surface area contributed by atoms with E-state index in [1.807, 2.05) is 17.3 Å². The highest BCUT2D eigenvalue weighted by Gasteiger charge is 2.34. The maximum absolute atomic E-state index is 14.3. The van der Waals surface area contributed by atoms with Gasteiger partial charge in [-0.2, -0.15) is 0 Å². The van der Waals surface area contributed by atoms with E-state index in [1.165, 1.54) is 6.07 Å². The van der Waals surface area contributed by atoms with Gasteiger partial charge in [-0.25, -0.2) is 28.7 Å². The Balaban J connectivity index is 1.14. The number of piperidine rings is 1. The average Bonchev–Trinajstić information content (AvgIpc) is 3.31. The minimum absolute atomic E-state index is 0.0105. The zero-order valence-corrected chi connectivity index (χ0v) is 22.1. The number of nitrogens with two attached hydrogens (primary N) is 1. The van der Waals surface area contributed by atoms with E-state index in [2.05, 4.69) is 45.6 Å². The van der Waals surface area contributed by atoms with Crippen LogP contribution in [0, 0.1) is 17.6 Å². The quantitative estimate of drug-likeness (QED) is 0.491. The second-order valence-electron chi connectivity index (χ2n) is 10.7. The van der Waals surface area contributed by atoms with Crippen molar-refractivity contribution in [2.24, 2.45) is 11.7 Å². The molecule has 3 unspecified atom stereocenters. The van der Waals surface area contributed by atoms with Gasteiger partial charge in [0.2, 0.25) is 11.9 Å². The Kier molecular flexibility index (Phi) is 7.69. The molecule has 0 spiro atoms. The van der Waals surface area contributed by atoms with Crippen molar-refractivity contribution in [1.29, 1.82) is 0 Å². The minimum Gasteiger partial charge on any atom is -0.487 e. The Morgan fingerprint density at radius 2 is 1.53 bits per heavy atom. The van der Waals surface area contributed by atoms with Gasteiger partial charge in [-0.3, -0.25) is 0 Å². The summed E-state index contributed by atoms with van der Waals surface area (Å²) < 4.78 is 34.2. The first kappa shape index (κ1) is 26.2. The van der Waals surface area contributed by atoms with Crippen LogP contribution in [0.5, 0.6) is 5.75 Å². The van der Waals surface area contributed by atoms with Gasteiger partial charge in [-0.05, 0) is 60.9 Å². The summed E-state index contributed by atoms with van der Waals surface area (Å²) in [7, 11) is 0. The van der Waals surface area contributed by atoms with Gasteiger partial charge in [-0.15, -0.1) is 0 Å². The molecule has 2 N–H and O–H groups in total. The number of benzene rings is 1. The first-order chi connectivity index (χ1) is 18.3. The molecule has 2 aliphatic heterocycles. The van der Waals surface area contributed by atoms with Gasteiger partial charge in [-0.1, -0.05) is 13.8 Å². The predicted octanol–water partition coefficient (Wildman–Crippen LogP) is 4.28. The van der Waals surface area contributed by atoms with E-state index in [4.69, 9.17) is 10.5 Å². The number of aromatic nitrogens is 4. The number of ether oxygens (including phenoxy) is 1. The number of rotatable bonds is 7. The van der Waals surface area contributed by atoms with Crippen molar-refractivity contribution < 1.29 is 13.5 Å². The molecule has 2 saturated heterocycles. The Morgan fingerprint density at radius 3 is 2.18 bits per heavy atom. The van der Waals surface area contributed by atoms with E-state index in [9.17, 15) is 8.78 Å². The predicted molar refractivity (Wildman–Crippen MR) is 142 cm³/mol. The van der Waals surface area contributed by atoms with Crippen molar-refractivity contribution in [2.45, 2.75) is 57.6 Å². The monoisotopic (exact) mass is 523 g/mol. The van der Waals surface area contributed by atoms with Gasteiger partial charge in [0.15, 0.2) is 5.75 Å². The summed E-state index contributed by atoms with van der Waals surface area (Å²) in [5.41, 5.74) is 7.71. The van der Waals surface area contributed by atoms with E-state index in [1.54, 1.807) is 12.4 Å². The molecule has 2 fully saturated rings. The zero-order chi connectivity index (χ0) is 26.8. The SMILES string of the molecule is CC(C)c1cnc(N2CCC(C(C)Oc3cnc(N4CC(N)C(c5cc(F)ccc5F)C4)nc3)CC2)nc1. The molecule has 202 valence electrons. The normalized spacial score (nSPS) is 21.2. The van der Waals surface area contributed by atoms with Crippen LogP contribution in [0.15, 0.2) is 43.0 Å². The second-order valence-corrected chi connectivity index (χ2v) is 10.7. The number of hydrogen-bond acceptors (Lipinski definition) is 8. The number of nitrogens with zero attached hydrogens (tertiary/aromatic N) is 6. The number of hydrogen-bond donors (Lipinski definition) is 1. The Bertz CT molecular complexity index is 1220. The zero-order valence-electron chi connectivity index (χ0n) is 22.1. The first-order valence-electron chi connectivity index (χ1n) is 13.3. The van der Waals surface area contributed by atoms with E-state index in [-0.39, 0.29) is 18.1 Å². The fourth-order valence-electron chi connectivity index (χ4n) is 5.33. The molecule has 38 heavy (non-hydrogen) atoms. The molecule has 0 aliphatic carbocycles. The molecule has 0 radical (unpaired) electrons. The van der Waals surface area contributed by atoms with Crippen molar-refractivity contribution in [3.8, 4) is 5.75 Å². The van der Waals surface area contributed by atoms with Gasteiger partial charge >= 0.3 is 0 Å². The van der Waals surface area contributed by atoms with E-state index in [0.717, 1.165) is 49.6 Å². The summed E-state index contributed by atoms with van der Waals surface area (Å²) in [5, 5.41) is 0. The summed E-state index contributed by atoms with van der Waals surface area (Å²) in [6.45, 7) is 9.01. The summed E-state index contributed by atoms with van der Waals surface area (Å²) in [4.78, 5) is 22.2. The molecule has 0 bridgehead atoms. The van der Waals surface area contributed by atoms with Crippen molar-refractivity contribution >= 4 is 11.9 Å². The maximum atomic E-state index is 14.3. The van der Waals surface area contributed by atoms with E-state index in [0.29, 0.717) is 42.2 Å². The van der Waals surface area contributed by atoms with Gasteiger partial charge in [0.05, 0.1) is 18.5 Å². The standard InChI is InChI=1S/C28H35F2N7O/c1-17(2)20-11-32-27(33-12-20)36-8-6-19(7-9-36)18(3)38-22-13-34-28(35-14-22)37-15-24(26(31)16-37)23-10-21(29)4-5-25(23)30/h4-5,10-14,17-19,24,26H,6-9,15-16,31H2,1-3H3. The molecule has 2 aromatic heterocycles. The molecule has 2 aliphatic rings. The lowest BCUT2D eigenvalue weighted by molar-refractivity contribution is 0.132. The molecule has 1 aromatic carbocycles. The molecular formula is C28H35F2N7O. The summed E-state index contributed by atoms with van der Waals surface area (Å²) >= 11 is 0. The first-order valence-corrected chi connectivity index (χ1v) is 13.3. The fourth-order valence-corrected chi connectivity index (χ4v) is 5.33. The topological polar surface area (TPSA) is 93.3 Å². The maximum Gasteiger partial charge on any atom is 0.225 e. The molecule has 0 amide bonds. The Morgan fingerprint density at radius 1 is 0.895 bits per heavy atom. The van der Waals surface area contributed by atoms with E-state index < -0.39 is 11.6 Å². The van der Waals surface area contributed by atoms with Crippen molar-refractivity contribution in [3.05, 3.63) is 65.7 Å². The van der Waals surface area contributed by atoms with Crippen LogP contribution in [-0.2, 0) is 0 Å². The lowest BCUT2D eigenvalue weighted by atomic mass is 9.92. The second kappa shape index (κ2) is 11.1. The summed E-state index contributed by atoms with van der Waals surface area (Å²) in [6, 6.07) is 3.13. The van der Waals surface area contributed by atoms with Crippen molar-refractivity contribution in [2.75, 3.05) is 36.0 Å². The lowest BCUT2D eigenvalue weighted by Crippen LogP contribution is -2.39. The molecule has 5 rings (SSSR count). The molecule has 3 aromatic rings. The highest BCUT2D eigenvalue weighted by molar-refractivity contribution is 5.39. The van der Waals surface area contributed by atoms with E-state index >= 15 is 0 Å². The summed E-state index contributed by atoms with van der Waals surface area (Å²) in [6.07, 6.45) is 9.16. The highest BCUT2D eigenvalue weighted by Crippen LogP contribution is 2.31. The smallest absolute Gasteiger partial charge is 0.225 e. The number of anilines is 2. The fraction of sp³-hybridized carbons (Fsp3) is 0.500. The number of halogens is 2. The Labute approximate surface area is 222 Å². The molecule has 0 saturated carbocycles. The van der Waals surface area contributed by atoms with Crippen LogP contribution in [0.4, 0.5) is 20.7 Å². The van der Waals surface area contributed by atoms with Crippen LogP contribution >= 0.6 is 0 Å². The largest absolute Gasteiger partial charge is 0.487 e. The van der Waals surface area contributed by atoms with Gasteiger partial charge in [0, 0.05) is 50.5 Å². The molecule has 8 nitrogen and oxygen atoms in total. The van der Waals surface area contributed by atoms with Crippen LogP contribution in [0.3, 0.4) is 0 Å². The summed E-state index contributed by atoms with van der Waals surface area (Å²) in [5.74, 6) is 1.45. The molecule has 10 heteroatoms. The van der Waals surface area contributed by atoms with Gasteiger partial charge in [0.1, 0.15) is 11.6 Å². The highest BCUT2D eigenvalue weighted by atomic mass is 19.1. The van der Waals surface area contributed by atoms with Crippen LogP contribution in [0.1, 0.15) is 56.6 Å². The van der Waals surface area contributed by atoms with Crippen LogP contribution in [-0.4, -0.2) is 58.3 Å². The van der Waals surface area contributed by atoms with Gasteiger partial charge < -0.3 is 20.3 Å². The average molecular weight is 524 g/mol. The minimum atomic E-state index is -0.474. The molecule has 4 heterocycles. The molecular weight excluding hydrogens is 488 g/mol. The van der Waals surface area contributed by atoms with Crippen LogP contribution in [0.2, 0.25) is 0 Å². The third-order valence-electron chi connectivity index (χ3n) is 7.75. The van der Waals surface area contributed by atoms with Crippen LogP contribution < -0.4 is 20.3 Å².